The second kappa shape index (κ2) is 2.40. The van der Waals surface area contributed by atoms with Crippen molar-refractivity contribution in [1.82, 2.24) is 0 Å². The van der Waals surface area contributed by atoms with Gasteiger partial charge in [-0.2, -0.15) is 0 Å². The number of aliphatic hydroxyl groups is 1. The smallest absolute Gasteiger partial charge is 0.155 e. The van der Waals surface area contributed by atoms with Gasteiger partial charge in [0.2, 0.25) is 0 Å². The van der Waals surface area contributed by atoms with E-state index in [1.807, 2.05) is 0 Å². The van der Waals surface area contributed by atoms with Gasteiger partial charge in [-0.15, -0.1) is 0 Å². The lowest BCUT2D eigenvalue weighted by Gasteiger charge is -2.46. The van der Waals surface area contributed by atoms with E-state index in [1.54, 1.807) is 0 Å². The number of morpholine rings is 1. The third-order valence-electron chi connectivity index (χ3n) is 4.12. The van der Waals surface area contributed by atoms with Crippen molar-refractivity contribution in [3.63, 3.8) is 0 Å². The molecule has 0 spiro atoms. The molecule has 0 radical (unpaired) electrons. The predicted octanol–water partition coefficient (Wildman–Crippen LogP) is 0.302. The van der Waals surface area contributed by atoms with Gasteiger partial charge in [0.25, 0.3) is 0 Å². The summed E-state index contributed by atoms with van der Waals surface area (Å²) in [6.45, 7) is 0. The van der Waals surface area contributed by atoms with Crippen LogP contribution < -0.4 is 0 Å². The van der Waals surface area contributed by atoms with Crippen molar-refractivity contribution in [3.8, 4) is 0 Å². The van der Waals surface area contributed by atoms with Gasteiger partial charge in [-0.3, -0.25) is 0 Å². The number of hydrogen-bond acceptors (Lipinski definition) is 2. The van der Waals surface area contributed by atoms with Crippen LogP contribution in [0.1, 0.15) is 12.8 Å². The molecule has 3 heterocycles. The average molecular weight is 205 g/mol. The molecule has 4 heteroatoms. The molecule has 0 amide bonds. The van der Waals surface area contributed by atoms with E-state index in [0.29, 0.717) is 30.3 Å². The molecular formula is C9H15ClNO2+. The Hall–Kier alpha value is 0.170. The van der Waals surface area contributed by atoms with Crippen LogP contribution in [-0.2, 0) is 4.74 Å². The molecule has 2 bridgehead atoms. The number of rotatable bonds is 1. The van der Waals surface area contributed by atoms with E-state index in [9.17, 15) is 5.11 Å². The minimum atomic E-state index is -0.124. The molecule has 3 aliphatic heterocycles. The number of piperidine rings is 1. The first-order valence-corrected chi connectivity index (χ1v) is 5.44. The van der Waals surface area contributed by atoms with E-state index in [-0.39, 0.29) is 6.10 Å². The van der Waals surface area contributed by atoms with Gasteiger partial charge in [-0.05, 0) is 0 Å². The number of ether oxygens (including phenoxy) is 1. The van der Waals surface area contributed by atoms with Gasteiger partial charge in [0, 0.05) is 12.8 Å². The van der Waals surface area contributed by atoms with Crippen molar-refractivity contribution in [3.05, 3.63) is 0 Å². The fourth-order valence-electron chi connectivity index (χ4n) is 3.25. The number of aliphatic hydroxyl groups excluding tert-OH is 1. The van der Waals surface area contributed by atoms with Crippen LogP contribution in [0, 0.1) is 0 Å². The molecule has 3 aliphatic rings. The molecule has 2 unspecified atom stereocenters. The highest BCUT2D eigenvalue weighted by Gasteiger charge is 2.71. The lowest BCUT2D eigenvalue weighted by Crippen LogP contribution is -2.61. The maximum absolute atomic E-state index is 9.65. The van der Waals surface area contributed by atoms with E-state index in [0.717, 1.165) is 17.3 Å². The first-order chi connectivity index (χ1) is 6.16. The average Bonchev–Trinajstić information content (AvgIpc) is 2.83. The van der Waals surface area contributed by atoms with Gasteiger partial charge in [0.15, 0.2) is 6.00 Å². The van der Waals surface area contributed by atoms with Gasteiger partial charge in [-0.25, -0.2) is 0 Å². The number of hydrogen-bond donors (Lipinski definition) is 1. The summed E-state index contributed by atoms with van der Waals surface area (Å²) in [7, 11) is 2.20. The summed E-state index contributed by atoms with van der Waals surface area (Å²) in [5, 5.41) is 9.65. The van der Waals surface area contributed by atoms with Gasteiger partial charge in [0.1, 0.15) is 24.3 Å². The fraction of sp³-hybridized carbons (Fsp3) is 1.00. The van der Waals surface area contributed by atoms with E-state index in [4.69, 9.17) is 16.3 Å². The molecule has 6 atom stereocenters. The minimum Gasteiger partial charge on any atom is -0.393 e. The van der Waals surface area contributed by atoms with Gasteiger partial charge < -0.3 is 14.3 Å². The van der Waals surface area contributed by atoms with Crippen molar-refractivity contribution in [2.24, 2.45) is 0 Å². The van der Waals surface area contributed by atoms with Crippen LogP contribution in [0.15, 0.2) is 0 Å². The maximum atomic E-state index is 9.65. The molecule has 3 nitrogen and oxygen atoms in total. The van der Waals surface area contributed by atoms with Crippen LogP contribution >= 0.6 is 11.6 Å². The second-order valence-electron chi connectivity index (χ2n) is 4.79. The van der Waals surface area contributed by atoms with Gasteiger partial charge in [-0.1, -0.05) is 11.6 Å². The highest BCUT2D eigenvalue weighted by atomic mass is 35.5. The van der Waals surface area contributed by atoms with Crippen LogP contribution in [0.2, 0.25) is 0 Å². The molecule has 13 heavy (non-hydrogen) atoms. The summed E-state index contributed by atoms with van der Waals surface area (Å²) in [6.07, 6.45) is 2.39. The lowest BCUT2D eigenvalue weighted by molar-refractivity contribution is -0.946. The Morgan fingerprint density at radius 2 is 1.92 bits per heavy atom. The highest BCUT2D eigenvalue weighted by Crippen LogP contribution is 2.52. The van der Waals surface area contributed by atoms with Crippen molar-refractivity contribution < 1.29 is 14.3 Å². The van der Waals surface area contributed by atoms with Crippen LogP contribution in [-0.4, -0.2) is 53.0 Å². The summed E-state index contributed by atoms with van der Waals surface area (Å²) >= 11 is 6.02. The molecule has 3 saturated heterocycles. The van der Waals surface area contributed by atoms with E-state index >= 15 is 0 Å². The predicted molar refractivity (Wildman–Crippen MR) is 48.4 cm³/mol. The van der Waals surface area contributed by atoms with E-state index in [2.05, 4.69) is 7.05 Å². The van der Waals surface area contributed by atoms with Crippen LogP contribution in [0.5, 0.6) is 0 Å². The van der Waals surface area contributed by atoms with Gasteiger partial charge in [0.05, 0.1) is 13.2 Å². The van der Waals surface area contributed by atoms with E-state index in [1.165, 1.54) is 0 Å². The topological polar surface area (TPSA) is 32.8 Å². The minimum absolute atomic E-state index is 0.124. The number of alkyl halides is 1. The third kappa shape index (κ3) is 0.911. The summed E-state index contributed by atoms with van der Waals surface area (Å²) in [5.74, 6) is 0. The maximum Gasteiger partial charge on any atom is 0.155 e. The molecule has 3 rings (SSSR count). The first-order valence-electron chi connectivity index (χ1n) is 4.91. The molecule has 0 aliphatic carbocycles. The zero-order valence-corrected chi connectivity index (χ0v) is 8.44. The number of fused-ring (bicyclic) bond motifs is 5. The highest BCUT2D eigenvalue weighted by molar-refractivity contribution is 6.17. The van der Waals surface area contributed by atoms with Crippen LogP contribution in [0.25, 0.3) is 0 Å². The number of halogens is 1. The fourth-order valence-corrected chi connectivity index (χ4v) is 3.61. The Morgan fingerprint density at radius 3 is 2.38 bits per heavy atom. The largest absolute Gasteiger partial charge is 0.393 e. The summed E-state index contributed by atoms with van der Waals surface area (Å²) in [6, 6.07) is 1.53. The number of quaternary nitrogens is 1. The number of likely N-dealkylation sites (N-methyl/N-ethyl adjacent to an activating group) is 1. The lowest BCUT2D eigenvalue weighted by atomic mass is 9.97. The molecule has 0 saturated carbocycles. The summed E-state index contributed by atoms with van der Waals surface area (Å²) in [4.78, 5) is 0. The van der Waals surface area contributed by atoms with Gasteiger partial charge >= 0.3 is 0 Å². The molecule has 74 valence electrons. The molecule has 0 aromatic rings. The van der Waals surface area contributed by atoms with Crippen molar-refractivity contribution >= 4 is 11.6 Å². The number of epoxide rings is 1. The third-order valence-corrected chi connectivity index (χ3v) is 4.63. The zero-order chi connectivity index (χ0) is 9.22. The van der Waals surface area contributed by atoms with Crippen LogP contribution in [0.4, 0.5) is 0 Å². The van der Waals surface area contributed by atoms with Crippen molar-refractivity contribution in [1.29, 1.82) is 0 Å². The van der Waals surface area contributed by atoms with Crippen molar-refractivity contribution in [2.45, 2.75) is 43.2 Å². The summed E-state index contributed by atoms with van der Waals surface area (Å²) < 4.78 is 6.49. The Labute approximate surface area is 82.8 Å². The summed E-state index contributed by atoms with van der Waals surface area (Å²) in [5.41, 5.74) is 0. The SMILES string of the molecule is C[N+]1(CCl)[C@@H]2CC(O)C[C@H]1[C@@H]1O[C@@H]12. The standard InChI is InChI=1S/C9H15ClNO2/c1-11(4-10)6-2-5(12)3-7(11)9-8(6)13-9/h5-9,12H,2-4H2,1H3/q+1/t5?,6-,7+,8-,9+,11?. The molecule has 1 N–H and O–H groups in total. The quantitative estimate of drug-likeness (QED) is 0.289. The Balaban J connectivity index is 1.94. The Kier molecular flexibility index (Phi) is 1.56. The monoisotopic (exact) mass is 204 g/mol. The zero-order valence-electron chi connectivity index (χ0n) is 7.69. The Bertz CT molecular complexity index is 230. The number of nitrogens with zero attached hydrogens (tertiary/aromatic N) is 1. The molecule has 0 aromatic carbocycles. The molecule has 0 aromatic heterocycles. The van der Waals surface area contributed by atoms with Crippen molar-refractivity contribution in [2.75, 3.05) is 13.1 Å². The van der Waals surface area contributed by atoms with Crippen LogP contribution in [0.3, 0.4) is 0 Å². The normalized spacial score (nSPS) is 63.5. The first kappa shape index (κ1) is 8.48. The second-order valence-corrected chi connectivity index (χ2v) is 5.03. The molecule has 3 fully saturated rings. The van der Waals surface area contributed by atoms with E-state index < -0.39 is 0 Å². The Morgan fingerprint density at radius 1 is 1.38 bits per heavy atom. The molecular weight excluding hydrogens is 190 g/mol.